The van der Waals surface area contributed by atoms with Gasteiger partial charge in [-0.3, -0.25) is 0 Å². The molecule has 1 unspecified atom stereocenters. The molecule has 19 heavy (non-hydrogen) atoms. The molecule has 0 aliphatic rings. The first-order valence-electron chi connectivity index (χ1n) is 5.94. The molecule has 0 saturated heterocycles. The second kappa shape index (κ2) is 6.17. The zero-order chi connectivity index (χ0) is 13.8. The fourth-order valence-corrected chi connectivity index (χ4v) is 2.37. The molecule has 4 heteroatoms. The SMILES string of the molecule is COc1ccc(Br)c(CC(N)c2ccccc2F)c1. The van der Waals surface area contributed by atoms with E-state index in [2.05, 4.69) is 15.9 Å². The average Bonchev–Trinajstić information content (AvgIpc) is 2.41. The lowest BCUT2D eigenvalue weighted by Crippen LogP contribution is -2.15. The Morgan fingerprint density at radius 1 is 1.26 bits per heavy atom. The number of hydrogen-bond acceptors (Lipinski definition) is 2. The van der Waals surface area contributed by atoms with Crippen LogP contribution in [-0.4, -0.2) is 7.11 Å². The Morgan fingerprint density at radius 3 is 2.68 bits per heavy atom. The van der Waals surface area contributed by atoms with Gasteiger partial charge in [0, 0.05) is 16.1 Å². The van der Waals surface area contributed by atoms with Crippen LogP contribution in [-0.2, 0) is 6.42 Å². The third-order valence-corrected chi connectivity index (χ3v) is 3.77. The standard InChI is InChI=1S/C15H15BrFNO/c1-19-11-6-7-13(16)10(8-11)9-15(18)12-4-2-3-5-14(12)17/h2-8,15H,9,18H2,1H3. The number of halogens is 2. The normalized spacial score (nSPS) is 12.2. The van der Waals surface area contributed by atoms with Crippen LogP contribution < -0.4 is 10.5 Å². The van der Waals surface area contributed by atoms with Gasteiger partial charge in [0.05, 0.1) is 7.11 Å². The van der Waals surface area contributed by atoms with E-state index in [0.29, 0.717) is 12.0 Å². The zero-order valence-electron chi connectivity index (χ0n) is 10.6. The van der Waals surface area contributed by atoms with E-state index >= 15 is 0 Å². The van der Waals surface area contributed by atoms with E-state index in [1.165, 1.54) is 6.07 Å². The van der Waals surface area contributed by atoms with Crippen LogP contribution >= 0.6 is 15.9 Å². The van der Waals surface area contributed by atoms with E-state index in [9.17, 15) is 4.39 Å². The topological polar surface area (TPSA) is 35.2 Å². The Bertz CT molecular complexity index is 574. The summed E-state index contributed by atoms with van der Waals surface area (Å²) in [5.74, 6) is 0.493. The van der Waals surface area contributed by atoms with Gasteiger partial charge in [0.1, 0.15) is 11.6 Å². The van der Waals surface area contributed by atoms with Crippen molar-refractivity contribution < 1.29 is 9.13 Å². The molecule has 0 saturated carbocycles. The smallest absolute Gasteiger partial charge is 0.127 e. The molecule has 0 bridgehead atoms. The first-order chi connectivity index (χ1) is 9.11. The van der Waals surface area contributed by atoms with Crippen LogP contribution in [0.1, 0.15) is 17.2 Å². The Kier molecular flexibility index (Phi) is 4.56. The van der Waals surface area contributed by atoms with E-state index in [0.717, 1.165) is 15.8 Å². The van der Waals surface area contributed by atoms with Gasteiger partial charge in [-0.15, -0.1) is 0 Å². The van der Waals surface area contributed by atoms with E-state index in [4.69, 9.17) is 10.5 Å². The molecule has 0 aliphatic heterocycles. The molecule has 0 radical (unpaired) electrons. The molecule has 100 valence electrons. The van der Waals surface area contributed by atoms with Crippen LogP contribution in [0, 0.1) is 5.82 Å². The molecule has 0 spiro atoms. The first kappa shape index (κ1) is 14.0. The van der Waals surface area contributed by atoms with Gasteiger partial charge < -0.3 is 10.5 Å². The molecular formula is C15H15BrFNO. The summed E-state index contributed by atoms with van der Waals surface area (Å²) in [7, 11) is 1.61. The minimum atomic E-state index is -0.385. The van der Waals surface area contributed by atoms with Crippen LogP contribution in [0.5, 0.6) is 5.75 Å². The minimum absolute atomic E-state index is 0.269. The number of rotatable bonds is 4. The number of hydrogen-bond donors (Lipinski definition) is 1. The first-order valence-corrected chi connectivity index (χ1v) is 6.73. The van der Waals surface area contributed by atoms with Crippen LogP contribution in [0.25, 0.3) is 0 Å². The van der Waals surface area contributed by atoms with Gasteiger partial charge >= 0.3 is 0 Å². The highest BCUT2D eigenvalue weighted by Gasteiger charge is 2.13. The van der Waals surface area contributed by atoms with Crippen LogP contribution in [0.15, 0.2) is 46.9 Å². The van der Waals surface area contributed by atoms with Crippen LogP contribution in [0.3, 0.4) is 0 Å². The molecule has 2 aromatic carbocycles. The highest BCUT2D eigenvalue weighted by Crippen LogP contribution is 2.27. The Morgan fingerprint density at radius 2 is 2.00 bits per heavy atom. The molecule has 2 rings (SSSR count). The van der Waals surface area contributed by atoms with Crippen LogP contribution in [0.4, 0.5) is 4.39 Å². The number of methoxy groups -OCH3 is 1. The minimum Gasteiger partial charge on any atom is -0.497 e. The summed E-state index contributed by atoms with van der Waals surface area (Å²) in [4.78, 5) is 0. The summed E-state index contributed by atoms with van der Waals surface area (Å²) >= 11 is 3.47. The number of nitrogens with two attached hydrogens (primary N) is 1. The van der Waals surface area contributed by atoms with Crippen molar-refractivity contribution in [2.24, 2.45) is 5.73 Å². The highest BCUT2D eigenvalue weighted by atomic mass is 79.9. The van der Waals surface area contributed by atoms with Crippen molar-refractivity contribution in [3.05, 3.63) is 63.9 Å². The van der Waals surface area contributed by atoms with Gasteiger partial charge in [-0.1, -0.05) is 34.1 Å². The summed E-state index contributed by atoms with van der Waals surface area (Å²) in [6.07, 6.45) is 0.540. The van der Waals surface area contributed by atoms with E-state index in [1.54, 1.807) is 25.3 Å². The molecule has 0 aromatic heterocycles. The molecule has 2 nitrogen and oxygen atoms in total. The van der Waals surface area contributed by atoms with Gasteiger partial charge in [0.25, 0.3) is 0 Å². The van der Waals surface area contributed by atoms with Gasteiger partial charge in [0.2, 0.25) is 0 Å². The van der Waals surface area contributed by atoms with Crippen molar-refractivity contribution in [1.82, 2.24) is 0 Å². The van der Waals surface area contributed by atoms with Gasteiger partial charge in [-0.25, -0.2) is 4.39 Å². The van der Waals surface area contributed by atoms with Crippen molar-refractivity contribution in [2.45, 2.75) is 12.5 Å². The maximum atomic E-state index is 13.7. The van der Waals surface area contributed by atoms with Crippen molar-refractivity contribution in [2.75, 3.05) is 7.11 Å². The Balaban J connectivity index is 2.24. The van der Waals surface area contributed by atoms with Gasteiger partial charge in [-0.05, 0) is 36.2 Å². The van der Waals surface area contributed by atoms with Crippen molar-refractivity contribution in [1.29, 1.82) is 0 Å². The monoisotopic (exact) mass is 323 g/mol. The molecule has 2 aromatic rings. The van der Waals surface area contributed by atoms with Crippen molar-refractivity contribution in [3.63, 3.8) is 0 Å². The molecule has 0 heterocycles. The lowest BCUT2D eigenvalue weighted by atomic mass is 9.99. The lowest BCUT2D eigenvalue weighted by molar-refractivity contribution is 0.414. The quantitative estimate of drug-likeness (QED) is 0.927. The second-order valence-electron chi connectivity index (χ2n) is 4.29. The van der Waals surface area contributed by atoms with E-state index in [-0.39, 0.29) is 11.9 Å². The third-order valence-electron chi connectivity index (χ3n) is 3.00. The van der Waals surface area contributed by atoms with Gasteiger partial charge in [0.15, 0.2) is 0 Å². The summed E-state index contributed by atoms with van der Waals surface area (Å²) < 4.78 is 19.8. The maximum absolute atomic E-state index is 13.7. The molecule has 0 aliphatic carbocycles. The van der Waals surface area contributed by atoms with Crippen molar-refractivity contribution >= 4 is 15.9 Å². The molecule has 0 fully saturated rings. The molecule has 2 N–H and O–H groups in total. The largest absolute Gasteiger partial charge is 0.497 e. The Labute approximate surface area is 120 Å². The molecular weight excluding hydrogens is 309 g/mol. The van der Waals surface area contributed by atoms with E-state index < -0.39 is 0 Å². The predicted octanol–water partition coefficient (Wildman–Crippen LogP) is 3.84. The highest BCUT2D eigenvalue weighted by molar-refractivity contribution is 9.10. The summed E-state index contributed by atoms with van der Waals surface area (Å²) in [6, 6.07) is 11.9. The predicted molar refractivity (Wildman–Crippen MR) is 77.7 cm³/mol. The number of benzene rings is 2. The number of ether oxygens (including phenoxy) is 1. The Hall–Kier alpha value is -1.39. The average molecular weight is 324 g/mol. The molecule has 0 amide bonds. The van der Waals surface area contributed by atoms with Gasteiger partial charge in [-0.2, -0.15) is 0 Å². The summed E-state index contributed by atoms with van der Waals surface area (Å²) in [5, 5.41) is 0. The summed E-state index contributed by atoms with van der Waals surface area (Å²) in [5.41, 5.74) is 7.61. The fraction of sp³-hybridized carbons (Fsp3) is 0.200. The fourth-order valence-electron chi connectivity index (χ4n) is 1.96. The van der Waals surface area contributed by atoms with E-state index in [1.807, 2.05) is 18.2 Å². The van der Waals surface area contributed by atoms with Crippen molar-refractivity contribution in [3.8, 4) is 5.75 Å². The zero-order valence-corrected chi connectivity index (χ0v) is 12.2. The summed E-state index contributed by atoms with van der Waals surface area (Å²) in [6.45, 7) is 0. The lowest BCUT2D eigenvalue weighted by Gasteiger charge is -2.15. The molecule has 1 atom stereocenters. The third kappa shape index (κ3) is 3.33. The maximum Gasteiger partial charge on any atom is 0.127 e. The second-order valence-corrected chi connectivity index (χ2v) is 5.14. The van der Waals surface area contributed by atoms with Crippen LogP contribution in [0.2, 0.25) is 0 Å².